The average Bonchev–Trinajstić information content (AvgIpc) is 3.27. The lowest BCUT2D eigenvalue weighted by Gasteiger charge is -2.26. The summed E-state index contributed by atoms with van der Waals surface area (Å²) in [5.74, 6) is 2.07. The number of anilines is 2. The molecule has 1 saturated heterocycles. The summed E-state index contributed by atoms with van der Waals surface area (Å²) in [5, 5.41) is 7.26. The number of hydrogen-bond acceptors (Lipinski definition) is 8. The van der Waals surface area contributed by atoms with Gasteiger partial charge >= 0.3 is 6.09 Å². The van der Waals surface area contributed by atoms with Crippen LogP contribution in [0.1, 0.15) is 5.56 Å². The Balaban J connectivity index is 1.06. The van der Waals surface area contributed by atoms with E-state index in [9.17, 15) is 9.59 Å². The standard InChI is InChI=1S/C26H26N4O6/c1-33-24-7-3-16-2-5-21-19(25(16)29-24)8-15(13-34-21)10-27-11-18-12-30(26(32)36-18)17-4-6-22-20(9-17)28-23(31)14-35-22/h2-7,9,15,18,27H,8,10-14H2,1H3,(H,28,31)/t15-,18+/m0/s1. The van der Waals surface area contributed by atoms with Crippen molar-refractivity contribution in [3.63, 3.8) is 0 Å². The summed E-state index contributed by atoms with van der Waals surface area (Å²) in [6, 6.07) is 13.1. The van der Waals surface area contributed by atoms with Gasteiger partial charge in [-0.25, -0.2) is 9.78 Å². The van der Waals surface area contributed by atoms with Crippen molar-refractivity contribution >= 4 is 34.3 Å². The number of cyclic esters (lactones) is 1. The zero-order chi connectivity index (χ0) is 24.6. The van der Waals surface area contributed by atoms with Crippen molar-refractivity contribution in [2.75, 3.05) is 50.2 Å². The van der Waals surface area contributed by atoms with Crippen LogP contribution in [0.4, 0.5) is 16.2 Å². The summed E-state index contributed by atoms with van der Waals surface area (Å²) >= 11 is 0. The van der Waals surface area contributed by atoms with Crippen LogP contribution in [0.5, 0.6) is 17.4 Å². The number of aromatic nitrogens is 1. The van der Waals surface area contributed by atoms with Crippen LogP contribution < -0.4 is 29.7 Å². The second-order valence-electron chi connectivity index (χ2n) is 9.14. The Hall–Kier alpha value is -4.05. The molecule has 0 bridgehead atoms. The van der Waals surface area contributed by atoms with E-state index in [-0.39, 0.29) is 24.5 Å². The highest BCUT2D eigenvalue weighted by Crippen LogP contribution is 2.35. The summed E-state index contributed by atoms with van der Waals surface area (Å²) < 4.78 is 22.3. The van der Waals surface area contributed by atoms with Crippen molar-refractivity contribution < 1.29 is 28.5 Å². The molecule has 6 rings (SSSR count). The molecular weight excluding hydrogens is 464 g/mol. The first kappa shape index (κ1) is 22.4. The predicted molar refractivity (Wildman–Crippen MR) is 132 cm³/mol. The van der Waals surface area contributed by atoms with E-state index in [1.807, 2.05) is 24.3 Å². The fourth-order valence-electron chi connectivity index (χ4n) is 4.87. The number of nitrogens with zero attached hydrogens (tertiary/aromatic N) is 2. The molecule has 186 valence electrons. The van der Waals surface area contributed by atoms with Gasteiger partial charge in [-0.2, -0.15) is 0 Å². The molecule has 10 heteroatoms. The second-order valence-corrected chi connectivity index (χ2v) is 9.14. The van der Waals surface area contributed by atoms with E-state index in [1.54, 1.807) is 30.2 Å². The molecule has 10 nitrogen and oxygen atoms in total. The minimum absolute atomic E-state index is 0.00953. The molecule has 0 radical (unpaired) electrons. The summed E-state index contributed by atoms with van der Waals surface area (Å²) in [5.41, 5.74) is 3.20. The number of fused-ring (bicyclic) bond motifs is 4. The molecule has 0 spiro atoms. The molecule has 2 amide bonds. The lowest BCUT2D eigenvalue weighted by atomic mass is 9.94. The smallest absolute Gasteiger partial charge is 0.414 e. The van der Waals surface area contributed by atoms with Crippen LogP contribution in [-0.2, 0) is 16.0 Å². The van der Waals surface area contributed by atoms with Crippen molar-refractivity contribution in [2.24, 2.45) is 5.92 Å². The Kier molecular flexibility index (Phi) is 5.73. The minimum atomic E-state index is -0.411. The Morgan fingerprint density at radius 1 is 1.11 bits per heavy atom. The van der Waals surface area contributed by atoms with Gasteiger partial charge in [-0.05, 0) is 42.8 Å². The van der Waals surface area contributed by atoms with Crippen molar-refractivity contribution in [3.8, 4) is 17.4 Å². The average molecular weight is 491 g/mol. The first-order chi connectivity index (χ1) is 17.6. The van der Waals surface area contributed by atoms with Crippen molar-refractivity contribution in [1.82, 2.24) is 10.3 Å². The van der Waals surface area contributed by atoms with E-state index in [4.69, 9.17) is 18.9 Å². The lowest BCUT2D eigenvalue weighted by Crippen LogP contribution is -2.37. The fraction of sp³-hybridized carbons (Fsp3) is 0.346. The first-order valence-electron chi connectivity index (χ1n) is 11.9. The van der Waals surface area contributed by atoms with Crippen LogP contribution in [0, 0.1) is 5.92 Å². The Morgan fingerprint density at radius 3 is 2.86 bits per heavy atom. The third-order valence-corrected chi connectivity index (χ3v) is 6.66. The van der Waals surface area contributed by atoms with E-state index in [1.165, 1.54) is 0 Å². The zero-order valence-electron chi connectivity index (χ0n) is 19.8. The molecule has 3 aromatic rings. The Labute approximate surface area is 207 Å². The SMILES string of the molecule is COc1ccc2ccc3c(c2n1)C[C@@H](CNC[C@@H]1CN(c2ccc4c(c2)NC(=O)CO4)C(=O)O1)CO3. The highest BCUT2D eigenvalue weighted by atomic mass is 16.6. The summed E-state index contributed by atoms with van der Waals surface area (Å²) in [4.78, 5) is 30.3. The number of ether oxygens (including phenoxy) is 4. The maximum Gasteiger partial charge on any atom is 0.414 e. The predicted octanol–water partition coefficient (Wildman–Crippen LogP) is 2.74. The van der Waals surface area contributed by atoms with E-state index < -0.39 is 6.09 Å². The van der Waals surface area contributed by atoms with Gasteiger partial charge in [0, 0.05) is 41.7 Å². The third kappa shape index (κ3) is 4.24. The van der Waals surface area contributed by atoms with Crippen molar-refractivity contribution in [3.05, 3.63) is 48.0 Å². The minimum Gasteiger partial charge on any atom is -0.493 e. The number of nitrogens with one attached hydrogen (secondary N) is 2. The van der Waals surface area contributed by atoms with Crippen LogP contribution in [0.3, 0.4) is 0 Å². The number of hydrogen-bond donors (Lipinski definition) is 2. The van der Waals surface area contributed by atoms with Gasteiger partial charge in [0.05, 0.1) is 31.5 Å². The van der Waals surface area contributed by atoms with Gasteiger partial charge in [0.1, 0.15) is 17.6 Å². The Morgan fingerprint density at radius 2 is 1.97 bits per heavy atom. The van der Waals surface area contributed by atoms with Crippen molar-refractivity contribution in [2.45, 2.75) is 12.5 Å². The molecule has 1 fully saturated rings. The molecule has 36 heavy (non-hydrogen) atoms. The molecule has 4 heterocycles. The van der Waals surface area contributed by atoms with Gasteiger partial charge < -0.3 is 29.6 Å². The Bertz CT molecular complexity index is 1340. The molecule has 0 unspecified atom stereocenters. The number of pyridine rings is 1. The topological polar surface area (TPSA) is 111 Å². The first-order valence-corrected chi connectivity index (χ1v) is 11.9. The maximum absolute atomic E-state index is 12.5. The third-order valence-electron chi connectivity index (χ3n) is 6.66. The van der Waals surface area contributed by atoms with Gasteiger partial charge in [0.15, 0.2) is 6.61 Å². The lowest BCUT2D eigenvalue weighted by molar-refractivity contribution is -0.118. The van der Waals surface area contributed by atoms with Crippen LogP contribution in [0.2, 0.25) is 0 Å². The summed E-state index contributed by atoms with van der Waals surface area (Å²) in [7, 11) is 1.61. The summed E-state index contributed by atoms with van der Waals surface area (Å²) in [6.07, 6.45) is 0.133. The van der Waals surface area contributed by atoms with Gasteiger partial charge in [-0.1, -0.05) is 0 Å². The quantitative estimate of drug-likeness (QED) is 0.543. The van der Waals surface area contributed by atoms with Crippen LogP contribution >= 0.6 is 0 Å². The second kappa shape index (κ2) is 9.19. The van der Waals surface area contributed by atoms with Gasteiger partial charge in [-0.15, -0.1) is 0 Å². The van der Waals surface area contributed by atoms with Crippen LogP contribution in [-0.4, -0.2) is 63.0 Å². The van der Waals surface area contributed by atoms with Crippen molar-refractivity contribution in [1.29, 1.82) is 0 Å². The highest BCUT2D eigenvalue weighted by molar-refractivity contribution is 5.97. The van der Waals surface area contributed by atoms with Crippen LogP contribution in [0.25, 0.3) is 10.9 Å². The molecule has 3 aliphatic heterocycles. The number of methoxy groups -OCH3 is 1. The van der Waals surface area contributed by atoms with Gasteiger partial charge in [-0.3, -0.25) is 9.69 Å². The van der Waals surface area contributed by atoms with Crippen LogP contribution in [0.15, 0.2) is 42.5 Å². The van der Waals surface area contributed by atoms with Gasteiger partial charge in [0.25, 0.3) is 5.91 Å². The molecular formula is C26H26N4O6. The summed E-state index contributed by atoms with van der Waals surface area (Å²) in [6.45, 7) is 2.26. The van der Waals surface area contributed by atoms with E-state index in [0.29, 0.717) is 42.7 Å². The van der Waals surface area contributed by atoms with Gasteiger partial charge in [0.2, 0.25) is 5.88 Å². The van der Waals surface area contributed by atoms with E-state index in [2.05, 4.69) is 15.6 Å². The number of carbonyl (C=O) groups excluding carboxylic acids is 2. The molecule has 3 aliphatic rings. The monoisotopic (exact) mass is 490 g/mol. The largest absolute Gasteiger partial charge is 0.493 e. The normalized spacial score (nSPS) is 20.6. The highest BCUT2D eigenvalue weighted by Gasteiger charge is 2.33. The van der Waals surface area contributed by atoms with E-state index in [0.717, 1.165) is 35.2 Å². The number of amides is 2. The molecule has 0 aliphatic carbocycles. The number of carbonyl (C=O) groups is 2. The number of benzene rings is 2. The molecule has 1 aromatic heterocycles. The molecule has 2 atom stereocenters. The molecule has 0 saturated carbocycles. The van der Waals surface area contributed by atoms with E-state index >= 15 is 0 Å². The maximum atomic E-state index is 12.5. The number of rotatable bonds is 6. The fourth-order valence-corrected chi connectivity index (χ4v) is 4.87. The molecule has 2 aromatic carbocycles. The molecule has 2 N–H and O–H groups in total. The zero-order valence-corrected chi connectivity index (χ0v) is 19.8.